The summed E-state index contributed by atoms with van der Waals surface area (Å²) in [6, 6.07) is 5.65. The van der Waals surface area contributed by atoms with Gasteiger partial charge in [-0.3, -0.25) is 0 Å². The Hall–Kier alpha value is -0.810. The molecule has 1 aromatic rings. The first-order chi connectivity index (χ1) is 9.62. The van der Waals surface area contributed by atoms with Gasteiger partial charge in [0, 0.05) is 21.9 Å². The van der Waals surface area contributed by atoms with Crippen LogP contribution in [-0.4, -0.2) is 34.9 Å². The van der Waals surface area contributed by atoms with Crippen LogP contribution in [0, 0.1) is 0 Å². The topological polar surface area (TPSA) is 49.3 Å². The number of rotatable bonds is 6. The fraction of sp³-hybridized carbons (Fsp3) is 0.533. The highest BCUT2D eigenvalue weighted by Gasteiger charge is 2.33. The van der Waals surface area contributed by atoms with Gasteiger partial charge in [0.15, 0.2) is 0 Å². The predicted octanol–water partition coefficient (Wildman–Crippen LogP) is 4.19. The Labute approximate surface area is 128 Å². The molecule has 0 heterocycles. The van der Waals surface area contributed by atoms with E-state index in [9.17, 15) is 9.90 Å². The largest absolute Gasteiger partial charge is 0.478 e. The highest BCUT2D eigenvalue weighted by molar-refractivity contribution is 8.00. The van der Waals surface area contributed by atoms with Crippen LogP contribution in [0.1, 0.15) is 36.0 Å². The van der Waals surface area contributed by atoms with E-state index in [4.69, 9.17) is 0 Å². The van der Waals surface area contributed by atoms with Gasteiger partial charge in [0.05, 0.1) is 5.56 Å². The van der Waals surface area contributed by atoms with Gasteiger partial charge in [-0.05, 0) is 37.5 Å². The van der Waals surface area contributed by atoms with Crippen LogP contribution < -0.4 is 5.32 Å². The van der Waals surface area contributed by atoms with Crippen LogP contribution in [0.5, 0.6) is 0 Å². The van der Waals surface area contributed by atoms with Crippen molar-refractivity contribution in [2.75, 3.05) is 24.4 Å². The van der Waals surface area contributed by atoms with E-state index in [0.29, 0.717) is 5.56 Å². The van der Waals surface area contributed by atoms with Gasteiger partial charge >= 0.3 is 5.97 Å². The third-order valence-corrected chi connectivity index (χ3v) is 6.21. The van der Waals surface area contributed by atoms with Crippen molar-refractivity contribution in [2.45, 2.75) is 35.3 Å². The highest BCUT2D eigenvalue weighted by atomic mass is 32.2. The lowest BCUT2D eigenvalue weighted by molar-refractivity contribution is 0.0694. The number of carboxylic acid groups (broad SMARTS) is 1. The molecule has 5 heteroatoms. The average Bonchev–Trinajstić information content (AvgIpc) is 2.93. The molecule has 2 N–H and O–H groups in total. The van der Waals surface area contributed by atoms with Crippen LogP contribution in [0.4, 0.5) is 5.69 Å². The Morgan fingerprint density at radius 3 is 2.60 bits per heavy atom. The van der Waals surface area contributed by atoms with Gasteiger partial charge < -0.3 is 10.4 Å². The number of aromatic carboxylic acids is 1. The molecular weight excluding hydrogens is 290 g/mol. The number of benzene rings is 1. The molecule has 0 atom stereocenters. The lowest BCUT2D eigenvalue weighted by Gasteiger charge is -2.28. The molecule has 1 saturated carbocycles. The van der Waals surface area contributed by atoms with Crippen molar-refractivity contribution in [1.29, 1.82) is 0 Å². The summed E-state index contributed by atoms with van der Waals surface area (Å²) in [5.41, 5.74) is 1.14. The Bertz CT molecular complexity index is 485. The molecule has 110 valence electrons. The highest BCUT2D eigenvalue weighted by Crippen LogP contribution is 2.40. The first-order valence-electron chi connectivity index (χ1n) is 6.81. The molecule has 20 heavy (non-hydrogen) atoms. The summed E-state index contributed by atoms with van der Waals surface area (Å²) in [5.74, 6) is -0.859. The van der Waals surface area contributed by atoms with Crippen molar-refractivity contribution >= 4 is 35.2 Å². The monoisotopic (exact) mass is 311 g/mol. The van der Waals surface area contributed by atoms with Crippen molar-refractivity contribution in [3.63, 3.8) is 0 Å². The van der Waals surface area contributed by atoms with Crippen LogP contribution in [-0.2, 0) is 0 Å². The summed E-state index contributed by atoms with van der Waals surface area (Å²) in [7, 11) is 0. The molecular formula is C15H21NO2S2. The van der Waals surface area contributed by atoms with E-state index in [2.05, 4.69) is 11.6 Å². The minimum absolute atomic E-state index is 0.269. The van der Waals surface area contributed by atoms with E-state index < -0.39 is 5.97 Å². The standard InChI is InChI=1S/C15H21NO2S2/c1-19-12-7-5-6-11(13(12)14(17)18)16-10-15(20-2)8-3-4-9-15/h5-7,16H,3-4,8-10H2,1-2H3,(H,17,18). The van der Waals surface area contributed by atoms with Crippen molar-refractivity contribution in [2.24, 2.45) is 0 Å². The molecule has 1 fully saturated rings. The zero-order valence-corrected chi connectivity index (χ0v) is 13.6. The van der Waals surface area contributed by atoms with E-state index in [1.54, 1.807) is 0 Å². The summed E-state index contributed by atoms with van der Waals surface area (Å²) in [5, 5.41) is 12.8. The maximum atomic E-state index is 11.5. The van der Waals surface area contributed by atoms with E-state index >= 15 is 0 Å². The van der Waals surface area contributed by atoms with E-state index in [-0.39, 0.29) is 4.75 Å². The first-order valence-corrected chi connectivity index (χ1v) is 9.26. The molecule has 0 aliphatic heterocycles. The second-order valence-corrected chi connectivity index (χ2v) is 7.26. The Morgan fingerprint density at radius 2 is 2.05 bits per heavy atom. The van der Waals surface area contributed by atoms with E-state index in [0.717, 1.165) is 17.1 Å². The zero-order valence-electron chi connectivity index (χ0n) is 11.9. The number of anilines is 1. The van der Waals surface area contributed by atoms with E-state index in [1.165, 1.54) is 37.4 Å². The van der Waals surface area contributed by atoms with Gasteiger partial charge in [0.25, 0.3) is 0 Å². The molecule has 1 aromatic carbocycles. The summed E-state index contributed by atoms with van der Waals surface area (Å²) in [6.45, 7) is 0.840. The Morgan fingerprint density at radius 1 is 1.35 bits per heavy atom. The number of carbonyl (C=O) groups is 1. The van der Waals surface area contributed by atoms with Crippen LogP contribution >= 0.6 is 23.5 Å². The first kappa shape index (κ1) is 15.6. The molecule has 3 nitrogen and oxygen atoms in total. The molecule has 0 amide bonds. The summed E-state index contributed by atoms with van der Waals surface area (Å²) in [4.78, 5) is 12.3. The van der Waals surface area contributed by atoms with Crippen molar-refractivity contribution in [3.05, 3.63) is 23.8 Å². The number of nitrogens with one attached hydrogen (secondary N) is 1. The van der Waals surface area contributed by atoms with Crippen molar-refractivity contribution in [1.82, 2.24) is 0 Å². The number of thioether (sulfide) groups is 2. The minimum Gasteiger partial charge on any atom is -0.478 e. The maximum Gasteiger partial charge on any atom is 0.338 e. The Kier molecular flexibility index (Phi) is 5.27. The molecule has 0 bridgehead atoms. The lowest BCUT2D eigenvalue weighted by atomic mass is 10.1. The third kappa shape index (κ3) is 3.26. The van der Waals surface area contributed by atoms with Gasteiger partial charge in [0.1, 0.15) is 0 Å². The summed E-state index contributed by atoms with van der Waals surface area (Å²) < 4.78 is 0.269. The molecule has 0 radical (unpaired) electrons. The molecule has 0 unspecified atom stereocenters. The number of hydrogen-bond acceptors (Lipinski definition) is 4. The number of hydrogen-bond donors (Lipinski definition) is 2. The van der Waals surface area contributed by atoms with Gasteiger partial charge in [-0.2, -0.15) is 11.8 Å². The fourth-order valence-corrected chi connectivity index (χ4v) is 4.33. The van der Waals surface area contributed by atoms with E-state index in [1.807, 2.05) is 36.2 Å². The van der Waals surface area contributed by atoms with Crippen LogP contribution in [0.3, 0.4) is 0 Å². The summed E-state index contributed by atoms with van der Waals surface area (Å²) in [6.07, 6.45) is 9.05. The lowest BCUT2D eigenvalue weighted by Crippen LogP contribution is -2.30. The van der Waals surface area contributed by atoms with Crippen molar-refractivity contribution in [3.8, 4) is 0 Å². The minimum atomic E-state index is -0.859. The van der Waals surface area contributed by atoms with Gasteiger partial charge in [-0.15, -0.1) is 11.8 Å². The van der Waals surface area contributed by atoms with Crippen LogP contribution in [0.25, 0.3) is 0 Å². The van der Waals surface area contributed by atoms with Gasteiger partial charge in [-0.1, -0.05) is 18.9 Å². The molecule has 2 rings (SSSR count). The summed E-state index contributed by atoms with van der Waals surface area (Å²) >= 11 is 3.38. The second kappa shape index (κ2) is 6.76. The average molecular weight is 311 g/mol. The quantitative estimate of drug-likeness (QED) is 0.771. The molecule has 0 saturated heterocycles. The normalized spacial score (nSPS) is 17.1. The SMILES string of the molecule is CSc1cccc(NCC2(SC)CCCC2)c1C(=O)O. The Balaban J connectivity index is 2.19. The van der Waals surface area contributed by atoms with Gasteiger partial charge in [-0.25, -0.2) is 4.79 Å². The van der Waals surface area contributed by atoms with Gasteiger partial charge in [0.2, 0.25) is 0 Å². The van der Waals surface area contributed by atoms with Crippen molar-refractivity contribution < 1.29 is 9.90 Å². The third-order valence-electron chi connectivity index (χ3n) is 4.01. The predicted molar refractivity (Wildman–Crippen MR) is 88.4 cm³/mol. The molecule has 0 aromatic heterocycles. The zero-order chi connectivity index (χ0) is 14.6. The smallest absolute Gasteiger partial charge is 0.338 e. The molecule has 0 spiro atoms. The second-order valence-electron chi connectivity index (χ2n) is 5.14. The molecule has 1 aliphatic carbocycles. The van der Waals surface area contributed by atoms with Crippen LogP contribution in [0.15, 0.2) is 23.1 Å². The number of carboxylic acids is 1. The fourth-order valence-electron chi connectivity index (χ4n) is 2.80. The van der Waals surface area contributed by atoms with Crippen LogP contribution in [0.2, 0.25) is 0 Å². The maximum absolute atomic E-state index is 11.5. The molecule has 1 aliphatic rings.